The largest absolute Gasteiger partial charge is 0.468 e. The van der Waals surface area contributed by atoms with Crippen molar-refractivity contribution >= 4 is 15.9 Å². The molecule has 1 aromatic heterocycles. The lowest BCUT2D eigenvalue weighted by Gasteiger charge is -2.54. The van der Waals surface area contributed by atoms with E-state index in [0.29, 0.717) is 23.2 Å². The molecule has 0 radical (unpaired) electrons. The number of carbonyl (C=O) groups excluding carboxylic acids is 1. The fourth-order valence-electron chi connectivity index (χ4n) is 6.07. The molecule has 1 heterocycles. The molecule has 7 heteroatoms. The molecule has 4 bridgehead atoms. The second kappa shape index (κ2) is 7.54. The molecule has 2 N–H and O–H groups in total. The van der Waals surface area contributed by atoms with Gasteiger partial charge in [-0.05, 0) is 92.5 Å². The first-order chi connectivity index (χ1) is 14.4. The van der Waals surface area contributed by atoms with Crippen molar-refractivity contribution in [1.82, 2.24) is 10.0 Å². The van der Waals surface area contributed by atoms with Crippen LogP contribution in [0.2, 0.25) is 0 Å². The first-order valence-electron chi connectivity index (χ1n) is 10.8. The number of rotatable bonds is 6. The quantitative estimate of drug-likeness (QED) is 0.736. The summed E-state index contributed by atoms with van der Waals surface area (Å²) in [6.07, 6.45) is 7.77. The van der Waals surface area contributed by atoms with Gasteiger partial charge >= 0.3 is 0 Å². The predicted octanol–water partition coefficient (Wildman–Crippen LogP) is 3.62. The van der Waals surface area contributed by atoms with Gasteiger partial charge in [-0.25, -0.2) is 13.1 Å². The van der Waals surface area contributed by atoms with Gasteiger partial charge in [-0.1, -0.05) is 6.07 Å². The Bertz CT molecular complexity index is 1020. The molecular weight excluding hydrogens is 400 g/mol. The third kappa shape index (κ3) is 3.69. The predicted molar refractivity (Wildman–Crippen MR) is 112 cm³/mol. The number of aryl methyl sites for hydroxylation is 1. The van der Waals surface area contributed by atoms with E-state index in [1.165, 1.54) is 44.4 Å². The monoisotopic (exact) mass is 428 g/mol. The second-order valence-corrected chi connectivity index (χ2v) is 11.1. The van der Waals surface area contributed by atoms with E-state index in [4.69, 9.17) is 4.42 Å². The second-order valence-electron chi connectivity index (χ2n) is 9.31. The standard InChI is InChI=1S/C23H28N2O4S/c1-14-4-5-20(30(27,28)24-13-19-3-2-6-29-19)12-21(14)23(26)25-22-17-8-15-7-16(10-17)11-18(22)9-15/h2-6,12,15-18,22,24H,7-11,13H2,1H3,(H,25,26). The number of carbonyl (C=O) groups is 1. The Kier molecular flexibility index (Phi) is 4.98. The van der Waals surface area contributed by atoms with E-state index in [1.807, 2.05) is 6.92 Å². The summed E-state index contributed by atoms with van der Waals surface area (Å²) in [5.41, 5.74) is 1.21. The van der Waals surface area contributed by atoms with E-state index in [9.17, 15) is 13.2 Å². The molecule has 1 aromatic carbocycles. The van der Waals surface area contributed by atoms with Crippen LogP contribution in [0.15, 0.2) is 45.9 Å². The topological polar surface area (TPSA) is 88.4 Å². The van der Waals surface area contributed by atoms with Crippen molar-refractivity contribution in [2.45, 2.75) is 56.5 Å². The van der Waals surface area contributed by atoms with Crippen LogP contribution in [0.5, 0.6) is 0 Å². The third-order valence-corrected chi connectivity index (χ3v) is 8.70. The Morgan fingerprint density at radius 3 is 2.40 bits per heavy atom. The van der Waals surface area contributed by atoms with Crippen molar-refractivity contribution in [2.75, 3.05) is 0 Å². The summed E-state index contributed by atoms with van der Waals surface area (Å²) >= 11 is 0. The number of amides is 1. The van der Waals surface area contributed by atoms with Crippen LogP contribution in [-0.4, -0.2) is 20.4 Å². The van der Waals surface area contributed by atoms with Crippen molar-refractivity contribution < 1.29 is 17.6 Å². The third-order valence-electron chi connectivity index (χ3n) is 7.30. The van der Waals surface area contributed by atoms with E-state index in [2.05, 4.69) is 10.0 Å². The average molecular weight is 429 g/mol. The van der Waals surface area contributed by atoms with Crippen molar-refractivity contribution in [1.29, 1.82) is 0 Å². The Morgan fingerprint density at radius 1 is 1.07 bits per heavy atom. The zero-order valence-electron chi connectivity index (χ0n) is 17.1. The first-order valence-corrected chi connectivity index (χ1v) is 12.3. The van der Waals surface area contributed by atoms with Crippen molar-refractivity contribution in [2.24, 2.45) is 23.7 Å². The van der Waals surface area contributed by atoms with Gasteiger partial charge in [0, 0.05) is 11.6 Å². The number of hydrogen-bond donors (Lipinski definition) is 2. The molecule has 0 saturated heterocycles. The summed E-state index contributed by atoms with van der Waals surface area (Å²) in [6, 6.07) is 8.38. The summed E-state index contributed by atoms with van der Waals surface area (Å²) in [5.74, 6) is 3.21. The Hall–Kier alpha value is -2.12. The van der Waals surface area contributed by atoms with Crippen molar-refractivity contribution in [3.8, 4) is 0 Å². The molecule has 30 heavy (non-hydrogen) atoms. The van der Waals surface area contributed by atoms with E-state index in [0.717, 1.165) is 17.4 Å². The number of benzene rings is 1. The normalized spacial score (nSPS) is 29.8. The molecule has 0 atom stereocenters. The average Bonchev–Trinajstić information content (AvgIpc) is 3.22. The lowest BCUT2D eigenvalue weighted by atomic mass is 9.54. The van der Waals surface area contributed by atoms with Gasteiger partial charge in [-0.15, -0.1) is 0 Å². The zero-order valence-corrected chi connectivity index (χ0v) is 18.0. The van der Waals surface area contributed by atoms with Gasteiger partial charge in [0.2, 0.25) is 10.0 Å². The van der Waals surface area contributed by atoms with Gasteiger partial charge in [0.1, 0.15) is 5.76 Å². The zero-order chi connectivity index (χ0) is 20.9. The van der Waals surface area contributed by atoms with Crippen LogP contribution < -0.4 is 10.0 Å². The number of nitrogens with one attached hydrogen (secondary N) is 2. The maximum atomic E-state index is 13.1. The molecule has 4 aliphatic rings. The summed E-state index contributed by atoms with van der Waals surface area (Å²) in [7, 11) is -3.75. The highest BCUT2D eigenvalue weighted by atomic mass is 32.2. The maximum Gasteiger partial charge on any atom is 0.251 e. The van der Waals surface area contributed by atoms with Crippen LogP contribution in [0.3, 0.4) is 0 Å². The van der Waals surface area contributed by atoms with Crippen LogP contribution in [0.25, 0.3) is 0 Å². The van der Waals surface area contributed by atoms with E-state index in [1.54, 1.807) is 24.3 Å². The molecule has 0 unspecified atom stereocenters. The highest BCUT2D eigenvalue weighted by molar-refractivity contribution is 7.89. The molecule has 4 fully saturated rings. The lowest BCUT2D eigenvalue weighted by Crippen LogP contribution is -2.55. The number of sulfonamides is 1. The molecular formula is C23H28N2O4S. The highest BCUT2D eigenvalue weighted by Gasteiger charge is 2.48. The summed E-state index contributed by atoms with van der Waals surface area (Å²) < 4.78 is 33.2. The van der Waals surface area contributed by atoms with Crippen LogP contribution in [0.4, 0.5) is 0 Å². The molecule has 1 amide bonds. The minimum atomic E-state index is -3.75. The van der Waals surface area contributed by atoms with Gasteiger partial charge in [-0.2, -0.15) is 0 Å². The van der Waals surface area contributed by atoms with Gasteiger partial charge in [0.15, 0.2) is 0 Å². The summed E-state index contributed by atoms with van der Waals surface area (Å²) in [6.45, 7) is 1.91. The van der Waals surface area contributed by atoms with Crippen LogP contribution in [-0.2, 0) is 16.6 Å². The fraction of sp³-hybridized carbons (Fsp3) is 0.522. The van der Waals surface area contributed by atoms with E-state index >= 15 is 0 Å². The number of hydrogen-bond acceptors (Lipinski definition) is 4. The molecule has 6 rings (SSSR count). The molecule has 0 spiro atoms. The van der Waals surface area contributed by atoms with Crippen LogP contribution >= 0.6 is 0 Å². The maximum absolute atomic E-state index is 13.1. The van der Waals surface area contributed by atoms with Gasteiger partial charge in [0.25, 0.3) is 5.91 Å². The molecule has 0 aliphatic heterocycles. The minimum Gasteiger partial charge on any atom is -0.468 e. The molecule has 160 valence electrons. The first kappa shape index (κ1) is 19.8. The Balaban J connectivity index is 1.32. The molecule has 4 saturated carbocycles. The van der Waals surface area contributed by atoms with Crippen molar-refractivity contribution in [3.63, 3.8) is 0 Å². The highest BCUT2D eigenvalue weighted by Crippen LogP contribution is 2.53. The fourth-order valence-corrected chi connectivity index (χ4v) is 7.08. The Labute approximate surface area is 177 Å². The Morgan fingerprint density at radius 2 is 1.77 bits per heavy atom. The van der Waals surface area contributed by atoms with Gasteiger partial charge in [0.05, 0.1) is 17.7 Å². The molecule has 2 aromatic rings. The van der Waals surface area contributed by atoms with E-state index in [-0.39, 0.29) is 23.4 Å². The van der Waals surface area contributed by atoms with Gasteiger partial charge < -0.3 is 9.73 Å². The smallest absolute Gasteiger partial charge is 0.251 e. The minimum absolute atomic E-state index is 0.0680. The summed E-state index contributed by atoms with van der Waals surface area (Å²) in [5, 5.41) is 3.28. The van der Waals surface area contributed by atoms with E-state index < -0.39 is 10.0 Å². The molecule has 6 nitrogen and oxygen atoms in total. The van der Waals surface area contributed by atoms with Gasteiger partial charge in [-0.3, -0.25) is 4.79 Å². The SMILES string of the molecule is Cc1ccc(S(=O)(=O)NCc2ccco2)cc1C(=O)NC1C2CC3CC(C2)CC1C3. The van der Waals surface area contributed by atoms with Crippen LogP contribution in [0, 0.1) is 30.6 Å². The van der Waals surface area contributed by atoms with Crippen molar-refractivity contribution in [3.05, 3.63) is 53.5 Å². The molecule has 4 aliphatic carbocycles. The van der Waals surface area contributed by atoms with Crippen LogP contribution in [0.1, 0.15) is 53.8 Å². The lowest BCUT2D eigenvalue weighted by molar-refractivity contribution is -0.0119. The summed E-state index contributed by atoms with van der Waals surface area (Å²) in [4.78, 5) is 13.2. The number of furan rings is 1.